The van der Waals surface area contributed by atoms with Crippen molar-refractivity contribution in [2.24, 2.45) is 0 Å². The lowest BCUT2D eigenvalue weighted by atomic mass is 10.0. The summed E-state index contributed by atoms with van der Waals surface area (Å²) in [6.07, 6.45) is 0.895. The Morgan fingerprint density at radius 3 is 3.04 bits per heavy atom. The Hall–Kier alpha value is -2.65. The first-order valence-electron chi connectivity index (χ1n) is 7.60. The van der Waals surface area contributed by atoms with E-state index >= 15 is 0 Å². The summed E-state index contributed by atoms with van der Waals surface area (Å²) in [5, 5.41) is 16.5. The Kier molecular flexibility index (Phi) is 4.13. The summed E-state index contributed by atoms with van der Waals surface area (Å²) < 4.78 is 1.81. The minimum atomic E-state index is -0.0982. The van der Waals surface area contributed by atoms with Gasteiger partial charge in [-0.2, -0.15) is 10.4 Å². The van der Waals surface area contributed by atoms with E-state index in [0.717, 1.165) is 42.1 Å². The van der Waals surface area contributed by atoms with Crippen molar-refractivity contribution in [3.63, 3.8) is 0 Å². The van der Waals surface area contributed by atoms with Gasteiger partial charge in [-0.25, -0.2) is 0 Å². The van der Waals surface area contributed by atoms with Crippen molar-refractivity contribution in [2.75, 3.05) is 18.9 Å². The minimum absolute atomic E-state index is 0.0982. The molecule has 0 unspecified atom stereocenters. The highest BCUT2D eigenvalue weighted by Gasteiger charge is 2.24. The summed E-state index contributed by atoms with van der Waals surface area (Å²) in [5.74, 6) is -0.0982. The fraction of sp³-hybridized carbons (Fsp3) is 0.353. The van der Waals surface area contributed by atoms with Crippen LogP contribution >= 0.6 is 0 Å². The Labute approximate surface area is 135 Å². The van der Waals surface area contributed by atoms with Crippen molar-refractivity contribution in [1.29, 1.82) is 5.26 Å². The molecular weight excluding hydrogens is 290 g/mol. The molecule has 0 radical (unpaired) electrons. The molecule has 2 aromatic rings. The van der Waals surface area contributed by atoms with Crippen molar-refractivity contribution in [2.45, 2.75) is 26.4 Å². The average molecular weight is 309 g/mol. The number of rotatable bonds is 3. The maximum absolute atomic E-state index is 11.3. The Bertz CT molecular complexity index is 787. The van der Waals surface area contributed by atoms with Crippen LogP contribution in [0.3, 0.4) is 0 Å². The number of fused-ring (bicyclic) bond motifs is 1. The van der Waals surface area contributed by atoms with Crippen LogP contribution in [0.15, 0.2) is 24.3 Å². The van der Waals surface area contributed by atoms with E-state index in [4.69, 9.17) is 5.26 Å². The standard InChI is InChI=1S/C17H19N5O/c1-12(23)19-14-5-3-4-13(10-14)17-15-11-21(2)8-6-16(15)22(20-17)9-7-18/h3-5,10H,6,8-9,11H2,1-2H3,(H,19,23). The van der Waals surface area contributed by atoms with Gasteiger partial charge in [-0.1, -0.05) is 12.1 Å². The molecule has 1 aliphatic rings. The average Bonchev–Trinajstić information content (AvgIpc) is 2.85. The van der Waals surface area contributed by atoms with Crippen LogP contribution in [0.5, 0.6) is 0 Å². The van der Waals surface area contributed by atoms with Crippen LogP contribution in [0.1, 0.15) is 18.2 Å². The van der Waals surface area contributed by atoms with Gasteiger partial charge < -0.3 is 10.2 Å². The molecule has 3 rings (SSSR count). The van der Waals surface area contributed by atoms with E-state index in [1.165, 1.54) is 12.5 Å². The van der Waals surface area contributed by atoms with Gasteiger partial charge in [0.1, 0.15) is 6.54 Å². The molecule has 0 aliphatic carbocycles. The van der Waals surface area contributed by atoms with Crippen molar-refractivity contribution >= 4 is 11.6 Å². The second-order valence-electron chi connectivity index (χ2n) is 5.84. The fourth-order valence-electron chi connectivity index (χ4n) is 3.00. The number of benzene rings is 1. The predicted molar refractivity (Wildman–Crippen MR) is 87.6 cm³/mol. The molecule has 2 heterocycles. The molecule has 0 saturated heterocycles. The third-order valence-corrected chi connectivity index (χ3v) is 4.00. The second kappa shape index (κ2) is 6.23. The quantitative estimate of drug-likeness (QED) is 0.941. The molecule has 0 spiro atoms. The molecule has 1 aromatic carbocycles. The van der Waals surface area contributed by atoms with Gasteiger partial charge in [0, 0.05) is 48.9 Å². The summed E-state index contributed by atoms with van der Waals surface area (Å²) in [4.78, 5) is 13.5. The first kappa shape index (κ1) is 15.3. The van der Waals surface area contributed by atoms with E-state index in [2.05, 4.69) is 28.4 Å². The molecule has 0 bridgehead atoms. The van der Waals surface area contributed by atoms with E-state index in [-0.39, 0.29) is 12.5 Å². The number of carbonyl (C=O) groups is 1. The van der Waals surface area contributed by atoms with E-state index < -0.39 is 0 Å². The van der Waals surface area contributed by atoms with E-state index in [9.17, 15) is 4.79 Å². The first-order chi connectivity index (χ1) is 11.1. The number of anilines is 1. The fourth-order valence-corrected chi connectivity index (χ4v) is 3.00. The van der Waals surface area contributed by atoms with Crippen molar-refractivity contribution in [1.82, 2.24) is 14.7 Å². The highest BCUT2D eigenvalue weighted by Crippen LogP contribution is 2.31. The van der Waals surface area contributed by atoms with Crippen molar-refractivity contribution < 1.29 is 4.79 Å². The molecule has 1 aromatic heterocycles. The van der Waals surface area contributed by atoms with Gasteiger partial charge >= 0.3 is 0 Å². The molecule has 1 amide bonds. The minimum Gasteiger partial charge on any atom is -0.326 e. The van der Waals surface area contributed by atoms with E-state index in [0.29, 0.717) is 0 Å². The van der Waals surface area contributed by atoms with Crippen LogP contribution in [0.2, 0.25) is 0 Å². The van der Waals surface area contributed by atoms with Crippen molar-refractivity contribution in [3.8, 4) is 17.3 Å². The zero-order valence-corrected chi connectivity index (χ0v) is 13.3. The van der Waals surface area contributed by atoms with Gasteiger partial charge in [-0.05, 0) is 19.2 Å². The largest absolute Gasteiger partial charge is 0.326 e. The Balaban J connectivity index is 2.06. The molecule has 0 saturated carbocycles. The van der Waals surface area contributed by atoms with Gasteiger partial charge in [0.15, 0.2) is 0 Å². The van der Waals surface area contributed by atoms with E-state index in [1.807, 2.05) is 28.9 Å². The van der Waals surface area contributed by atoms with Crippen LogP contribution in [0.4, 0.5) is 5.69 Å². The Morgan fingerprint density at radius 1 is 1.48 bits per heavy atom. The summed E-state index contributed by atoms with van der Waals surface area (Å²) in [6, 6.07) is 9.85. The molecule has 0 atom stereocenters. The lowest BCUT2D eigenvalue weighted by Gasteiger charge is -2.23. The Morgan fingerprint density at radius 2 is 2.30 bits per heavy atom. The number of nitrogens with zero attached hydrogens (tertiary/aromatic N) is 4. The molecule has 23 heavy (non-hydrogen) atoms. The first-order valence-corrected chi connectivity index (χ1v) is 7.60. The van der Waals surface area contributed by atoms with Gasteiger partial charge in [-0.3, -0.25) is 9.48 Å². The maximum Gasteiger partial charge on any atom is 0.221 e. The van der Waals surface area contributed by atoms with Gasteiger partial charge in [0.05, 0.1) is 11.8 Å². The maximum atomic E-state index is 11.3. The molecule has 6 nitrogen and oxygen atoms in total. The molecule has 1 aliphatic heterocycles. The molecule has 1 N–H and O–H groups in total. The smallest absolute Gasteiger partial charge is 0.221 e. The molecule has 0 fully saturated rings. The highest BCUT2D eigenvalue weighted by atomic mass is 16.1. The van der Waals surface area contributed by atoms with Crippen LogP contribution < -0.4 is 5.32 Å². The topological polar surface area (TPSA) is 74.0 Å². The number of carbonyl (C=O) groups excluding carboxylic acids is 1. The number of nitriles is 1. The number of likely N-dealkylation sites (N-methyl/N-ethyl adjacent to an activating group) is 1. The number of hydrogen-bond acceptors (Lipinski definition) is 4. The van der Waals surface area contributed by atoms with Crippen LogP contribution in [-0.4, -0.2) is 34.2 Å². The molecular formula is C17H19N5O. The predicted octanol–water partition coefficient (Wildman–Crippen LogP) is 2.02. The molecule has 6 heteroatoms. The lowest BCUT2D eigenvalue weighted by Crippen LogP contribution is -2.27. The van der Waals surface area contributed by atoms with Gasteiger partial charge in [0.25, 0.3) is 0 Å². The highest BCUT2D eigenvalue weighted by molar-refractivity contribution is 5.89. The summed E-state index contributed by atoms with van der Waals surface area (Å²) in [5.41, 5.74) is 4.93. The number of amides is 1. The zero-order valence-electron chi connectivity index (χ0n) is 13.3. The third-order valence-electron chi connectivity index (χ3n) is 4.00. The summed E-state index contributed by atoms with van der Waals surface area (Å²) in [6.45, 7) is 3.54. The SMILES string of the molecule is CC(=O)Nc1cccc(-c2nn(CC#N)c3c2CN(C)CC3)c1. The van der Waals surface area contributed by atoms with Crippen LogP contribution in [0, 0.1) is 11.3 Å². The monoisotopic (exact) mass is 309 g/mol. The third kappa shape index (κ3) is 3.10. The second-order valence-corrected chi connectivity index (χ2v) is 5.84. The van der Waals surface area contributed by atoms with E-state index in [1.54, 1.807) is 0 Å². The van der Waals surface area contributed by atoms with Gasteiger partial charge in [-0.15, -0.1) is 0 Å². The summed E-state index contributed by atoms with van der Waals surface area (Å²) in [7, 11) is 2.09. The molecule has 118 valence electrons. The number of aromatic nitrogens is 2. The van der Waals surface area contributed by atoms with Gasteiger partial charge in [0.2, 0.25) is 5.91 Å². The number of nitrogens with one attached hydrogen (secondary N) is 1. The van der Waals surface area contributed by atoms with Crippen LogP contribution in [0.25, 0.3) is 11.3 Å². The normalized spacial score (nSPS) is 14.1. The number of hydrogen-bond donors (Lipinski definition) is 1. The van der Waals surface area contributed by atoms with Crippen molar-refractivity contribution in [3.05, 3.63) is 35.5 Å². The zero-order chi connectivity index (χ0) is 16.4. The summed E-state index contributed by atoms with van der Waals surface area (Å²) >= 11 is 0. The van der Waals surface area contributed by atoms with Crippen LogP contribution in [-0.2, 0) is 24.3 Å². The lowest BCUT2D eigenvalue weighted by molar-refractivity contribution is -0.114.